The van der Waals surface area contributed by atoms with E-state index in [1.54, 1.807) is 41.3 Å². The Morgan fingerprint density at radius 1 is 0.939 bits per heavy atom. The maximum atomic E-state index is 12.6. The normalized spacial score (nSPS) is 13.8. The summed E-state index contributed by atoms with van der Waals surface area (Å²) in [5, 5.41) is 12.2. The Morgan fingerprint density at radius 3 is 2.27 bits per heavy atom. The summed E-state index contributed by atoms with van der Waals surface area (Å²) < 4.78 is 10.9. The lowest BCUT2D eigenvalue weighted by Gasteiger charge is -2.33. The van der Waals surface area contributed by atoms with Crippen molar-refractivity contribution in [3.05, 3.63) is 90.5 Å². The van der Waals surface area contributed by atoms with Gasteiger partial charge in [-0.25, -0.2) is 0 Å². The Kier molecular flexibility index (Phi) is 6.71. The number of rotatable bonds is 6. The van der Waals surface area contributed by atoms with Crippen LogP contribution in [0.25, 0.3) is 0 Å². The number of amides is 2. The Labute approximate surface area is 191 Å². The van der Waals surface area contributed by atoms with E-state index >= 15 is 0 Å². The van der Waals surface area contributed by atoms with E-state index < -0.39 is 5.91 Å². The molecule has 0 unspecified atom stereocenters. The lowest BCUT2D eigenvalue weighted by atomic mass is 10.2. The molecule has 1 N–H and O–H groups in total. The van der Waals surface area contributed by atoms with Crippen molar-refractivity contribution in [2.45, 2.75) is 0 Å². The fraction of sp³-hybridized carbons (Fsp3) is 0.160. The summed E-state index contributed by atoms with van der Waals surface area (Å²) in [5.41, 5.74) is 0.542. The van der Waals surface area contributed by atoms with E-state index in [1.807, 2.05) is 41.3 Å². The van der Waals surface area contributed by atoms with Gasteiger partial charge in [0.2, 0.25) is 0 Å². The summed E-state index contributed by atoms with van der Waals surface area (Å²) in [6.07, 6.45) is 3.00. The van der Waals surface area contributed by atoms with Crippen LogP contribution in [0.1, 0.15) is 10.6 Å². The molecule has 1 aromatic heterocycles. The maximum absolute atomic E-state index is 12.6. The molecule has 2 amide bonds. The number of para-hydroxylation sites is 1. The van der Waals surface area contributed by atoms with E-state index in [2.05, 4.69) is 5.32 Å². The van der Waals surface area contributed by atoms with E-state index in [1.165, 1.54) is 12.5 Å². The van der Waals surface area contributed by atoms with Crippen LogP contribution >= 0.6 is 0 Å². The molecule has 1 saturated heterocycles. The second-order valence-corrected chi connectivity index (χ2v) is 7.35. The minimum Gasteiger partial charge on any atom is -0.459 e. The number of hydrogen-bond acceptors (Lipinski definition) is 6. The van der Waals surface area contributed by atoms with Crippen molar-refractivity contribution in [1.29, 1.82) is 5.26 Å². The molecule has 0 atom stereocenters. The standard InChI is InChI=1S/C25H22N4O4/c26-17-19(18-28-12-14-29(15-13-28)25(31)23-7-4-16-32-23)24(30)27-20-8-10-22(11-9-20)33-21-5-2-1-3-6-21/h1-11,16,18H,12-15H2,(H,27,30)/b19-18-. The van der Waals surface area contributed by atoms with Crippen LogP contribution in [0.15, 0.2) is 89.2 Å². The Hall–Kier alpha value is -4.51. The van der Waals surface area contributed by atoms with Gasteiger partial charge in [0.25, 0.3) is 11.8 Å². The first-order valence-corrected chi connectivity index (χ1v) is 10.5. The van der Waals surface area contributed by atoms with Gasteiger partial charge in [0, 0.05) is 38.1 Å². The molecule has 1 fully saturated rings. The molecule has 0 aliphatic carbocycles. The molecule has 0 bridgehead atoms. The first-order valence-electron chi connectivity index (χ1n) is 10.5. The van der Waals surface area contributed by atoms with Crippen molar-refractivity contribution >= 4 is 17.5 Å². The summed E-state index contributed by atoms with van der Waals surface area (Å²) >= 11 is 0. The minimum absolute atomic E-state index is 0.00887. The van der Waals surface area contributed by atoms with Crippen molar-refractivity contribution in [3.63, 3.8) is 0 Å². The zero-order chi connectivity index (χ0) is 23.0. The third kappa shape index (κ3) is 5.60. The Morgan fingerprint density at radius 2 is 1.64 bits per heavy atom. The lowest BCUT2D eigenvalue weighted by molar-refractivity contribution is -0.112. The highest BCUT2D eigenvalue weighted by Gasteiger charge is 2.23. The molecule has 8 nitrogen and oxygen atoms in total. The second-order valence-electron chi connectivity index (χ2n) is 7.35. The van der Waals surface area contributed by atoms with Crippen LogP contribution in [0.5, 0.6) is 11.5 Å². The average molecular weight is 442 g/mol. The van der Waals surface area contributed by atoms with Gasteiger partial charge in [0.1, 0.15) is 23.1 Å². The molecule has 8 heteroatoms. The molecule has 166 valence electrons. The SMILES string of the molecule is N#C/C(=C/N1CCN(C(=O)c2ccco2)CC1)C(=O)Nc1ccc(Oc2ccccc2)cc1. The lowest BCUT2D eigenvalue weighted by Crippen LogP contribution is -2.47. The van der Waals surface area contributed by atoms with E-state index in [-0.39, 0.29) is 11.5 Å². The largest absolute Gasteiger partial charge is 0.459 e. The number of nitrogens with one attached hydrogen (secondary N) is 1. The molecule has 2 heterocycles. The van der Waals surface area contributed by atoms with Crippen LogP contribution in [0.4, 0.5) is 5.69 Å². The van der Waals surface area contributed by atoms with E-state index in [0.717, 1.165) is 5.75 Å². The zero-order valence-corrected chi connectivity index (χ0v) is 17.8. The number of nitriles is 1. The number of anilines is 1. The molecule has 0 radical (unpaired) electrons. The van der Waals surface area contributed by atoms with Crippen LogP contribution in [0, 0.1) is 11.3 Å². The van der Waals surface area contributed by atoms with Gasteiger partial charge in [0.15, 0.2) is 5.76 Å². The van der Waals surface area contributed by atoms with Gasteiger partial charge < -0.3 is 24.3 Å². The quantitative estimate of drug-likeness (QED) is 0.460. The molecular formula is C25H22N4O4. The molecule has 1 aliphatic rings. The highest BCUT2D eigenvalue weighted by molar-refractivity contribution is 6.06. The predicted molar refractivity (Wildman–Crippen MR) is 121 cm³/mol. The molecule has 0 saturated carbocycles. The number of hydrogen-bond donors (Lipinski definition) is 1. The number of ether oxygens (including phenoxy) is 1. The predicted octanol–water partition coefficient (Wildman–Crippen LogP) is 3.88. The number of benzene rings is 2. The summed E-state index contributed by atoms with van der Waals surface area (Å²) in [6, 6.07) is 21.6. The number of furan rings is 1. The highest BCUT2D eigenvalue weighted by atomic mass is 16.5. The van der Waals surface area contributed by atoms with Crippen LogP contribution < -0.4 is 10.1 Å². The average Bonchev–Trinajstić information content (AvgIpc) is 3.39. The van der Waals surface area contributed by atoms with Gasteiger partial charge >= 0.3 is 0 Å². The number of carbonyl (C=O) groups excluding carboxylic acids is 2. The monoisotopic (exact) mass is 442 g/mol. The van der Waals surface area contributed by atoms with E-state index in [9.17, 15) is 14.9 Å². The molecule has 3 aromatic rings. The smallest absolute Gasteiger partial charge is 0.289 e. The first kappa shape index (κ1) is 21.7. The van der Waals surface area contributed by atoms with Crippen LogP contribution in [-0.2, 0) is 4.79 Å². The third-order valence-corrected chi connectivity index (χ3v) is 5.10. The van der Waals surface area contributed by atoms with Crippen LogP contribution in [-0.4, -0.2) is 47.8 Å². The van der Waals surface area contributed by atoms with Crippen LogP contribution in [0.3, 0.4) is 0 Å². The molecule has 33 heavy (non-hydrogen) atoms. The maximum Gasteiger partial charge on any atom is 0.289 e. The molecule has 0 spiro atoms. The van der Waals surface area contributed by atoms with Gasteiger partial charge in [-0.1, -0.05) is 18.2 Å². The van der Waals surface area contributed by atoms with Crippen molar-refractivity contribution < 1.29 is 18.7 Å². The van der Waals surface area contributed by atoms with E-state index in [4.69, 9.17) is 9.15 Å². The fourth-order valence-electron chi connectivity index (χ4n) is 3.36. The first-order chi connectivity index (χ1) is 16.1. The van der Waals surface area contributed by atoms with E-state index in [0.29, 0.717) is 43.4 Å². The van der Waals surface area contributed by atoms with Crippen LogP contribution in [0.2, 0.25) is 0 Å². The molecule has 4 rings (SSSR count). The summed E-state index contributed by atoms with van der Waals surface area (Å²) in [6.45, 7) is 1.96. The Balaban J connectivity index is 1.32. The fourth-order valence-corrected chi connectivity index (χ4v) is 3.36. The highest BCUT2D eigenvalue weighted by Crippen LogP contribution is 2.23. The summed E-state index contributed by atoms with van der Waals surface area (Å²) in [4.78, 5) is 28.5. The van der Waals surface area contributed by atoms with Gasteiger partial charge in [-0.05, 0) is 48.5 Å². The number of piperazine rings is 1. The minimum atomic E-state index is -0.497. The third-order valence-electron chi connectivity index (χ3n) is 5.10. The molecule has 1 aliphatic heterocycles. The Bertz CT molecular complexity index is 1160. The second kappa shape index (κ2) is 10.2. The summed E-state index contributed by atoms with van der Waals surface area (Å²) in [7, 11) is 0. The van der Waals surface area contributed by atoms with Gasteiger partial charge in [-0.2, -0.15) is 5.26 Å². The van der Waals surface area contributed by atoms with Crippen molar-refractivity contribution in [2.24, 2.45) is 0 Å². The zero-order valence-electron chi connectivity index (χ0n) is 17.8. The number of carbonyl (C=O) groups is 2. The summed E-state index contributed by atoms with van der Waals surface area (Å²) in [5.74, 6) is 0.994. The van der Waals surface area contributed by atoms with Crippen molar-refractivity contribution in [3.8, 4) is 17.6 Å². The van der Waals surface area contributed by atoms with Crippen molar-refractivity contribution in [2.75, 3.05) is 31.5 Å². The molecular weight excluding hydrogens is 420 g/mol. The van der Waals surface area contributed by atoms with Gasteiger partial charge in [-0.3, -0.25) is 9.59 Å². The topological polar surface area (TPSA) is 98.8 Å². The van der Waals surface area contributed by atoms with Gasteiger partial charge in [0.05, 0.1) is 6.26 Å². The number of nitrogens with zero attached hydrogens (tertiary/aromatic N) is 3. The van der Waals surface area contributed by atoms with Gasteiger partial charge in [-0.15, -0.1) is 0 Å². The van der Waals surface area contributed by atoms with Crippen molar-refractivity contribution in [1.82, 2.24) is 9.80 Å². The molecule has 2 aromatic carbocycles.